The molecule has 0 bridgehead atoms. The smallest absolute Gasteiger partial charge is 0.249 e. The molecule has 2 rings (SSSR count). The average molecular weight is 308 g/mol. The maximum absolute atomic E-state index is 11.9. The molecule has 0 atom stereocenters. The molecule has 6 heteroatoms. The fraction of sp³-hybridized carbons (Fsp3) is 0.400. The van der Waals surface area contributed by atoms with Crippen molar-refractivity contribution in [2.45, 2.75) is 33.2 Å². The van der Waals surface area contributed by atoms with E-state index in [2.05, 4.69) is 10.2 Å². The summed E-state index contributed by atoms with van der Waals surface area (Å²) in [6.45, 7) is 4.88. The van der Waals surface area contributed by atoms with Gasteiger partial charge >= 0.3 is 0 Å². The number of rotatable bonds is 6. The van der Waals surface area contributed by atoms with Gasteiger partial charge in [-0.1, -0.05) is 37.6 Å². The molecule has 0 saturated carbocycles. The van der Waals surface area contributed by atoms with Crippen LogP contribution in [0.2, 0.25) is 5.02 Å². The molecular weight excluding hydrogens is 290 g/mol. The minimum absolute atomic E-state index is 0.0781. The van der Waals surface area contributed by atoms with Crippen molar-refractivity contribution in [3.05, 3.63) is 35.2 Å². The van der Waals surface area contributed by atoms with Gasteiger partial charge in [0.15, 0.2) is 0 Å². The lowest BCUT2D eigenvalue weighted by Crippen LogP contribution is -2.30. The van der Waals surface area contributed by atoms with E-state index in [4.69, 9.17) is 16.0 Å². The first-order valence-electron chi connectivity index (χ1n) is 7.00. The highest BCUT2D eigenvalue weighted by Gasteiger charge is 2.16. The van der Waals surface area contributed by atoms with Crippen LogP contribution in [0, 0.1) is 0 Å². The number of halogens is 1. The molecule has 0 saturated heterocycles. The Balaban J connectivity index is 2.16. The van der Waals surface area contributed by atoms with Crippen molar-refractivity contribution < 1.29 is 9.21 Å². The number of benzene rings is 1. The van der Waals surface area contributed by atoms with E-state index in [0.717, 1.165) is 6.42 Å². The van der Waals surface area contributed by atoms with Gasteiger partial charge in [0.25, 0.3) is 0 Å². The molecule has 2 aromatic rings. The Labute approximate surface area is 128 Å². The van der Waals surface area contributed by atoms with Crippen LogP contribution < -0.4 is 0 Å². The quantitative estimate of drug-likeness (QED) is 0.819. The Morgan fingerprint density at radius 1 is 1.29 bits per heavy atom. The summed E-state index contributed by atoms with van der Waals surface area (Å²) in [6.07, 6.45) is 1.35. The minimum Gasteiger partial charge on any atom is -0.419 e. The summed E-state index contributed by atoms with van der Waals surface area (Å²) in [5.41, 5.74) is 0.696. The van der Waals surface area contributed by atoms with Crippen LogP contribution in [0.25, 0.3) is 11.5 Å². The monoisotopic (exact) mass is 307 g/mol. The topological polar surface area (TPSA) is 59.2 Å². The lowest BCUT2D eigenvalue weighted by atomic mass is 10.2. The number of nitrogens with zero attached hydrogens (tertiary/aromatic N) is 3. The Morgan fingerprint density at radius 2 is 2.05 bits per heavy atom. The molecule has 0 N–H and O–H groups in total. The van der Waals surface area contributed by atoms with Gasteiger partial charge in [-0.25, -0.2) is 0 Å². The highest BCUT2D eigenvalue weighted by Crippen LogP contribution is 2.26. The Morgan fingerprint density at radius 3 is 2.71 bits per heavy atom. The fourth-order valence-electron chi connectivity index (χ4n) is 2.01. The first-order valence-corrected chi connectivity index (χ1v) is 7.38. The highest BCUT2D eigenvalue weighted by atomic mass is 35.5. The van der Waals surface area contributed by atoms with Crippen molar-refractivity contribution in [1.82, 2.24) is 15.1 Å². The number of amides is 1. The van der Waals surface area contributed by atoms with Gasteiger partial charge in [0, 0.05) is 13.0 Å². The van der Waals surface area contributed by atoms with E-state index in [1.807, 2.05) is 32.0 Å². The molecule has 1 aromatic heterocycles. The number of aromatic nitrogens is 2. The largest absolute Gasteiger partial charge is 0.419 e. The summed E-state index contributed by atoms with van der Waals surface area (Å²) < 4.78 is 5.62. The van der Waals surface area contributed by atoms with E-state index in [0.29, 0.717) is 41.9 Å². The predicted molar refractivity (Wildman–Crippen MR) is 80.7 cm³/mol. The van der Waals surface area contributed by atoms with E-state index in [1.54, 1.807) is 11.0 Å². The summed E-state index contributed by atoms with van der Waals surface area (Å²) in [5.74, 6) is 0.866. The molecule has 5 nitrogen and oxygen atoms in total. The molecule has 0 aliphatic carbocycles. The van der Waals surface area contributed by atoms with E-state index in [9.17, 15) is 4.79 Å². The Hall–Kier alpha value is -1.88. The molecule has 0 aliphatic rings. The maximum atomic E-state index is 11.9. The van der Waals surface area contributed by atoms with Crippen LogP contribution in [-0.4, -0.2) is 27.5 Å². The van der Waals surface area contributed by atoms with Crippen molar-refractivity contribution in [3.63, 3.8) is 0 Å². The third kappa shape index (κ3) is 3.82. The van der Waals surface area contributed by atoms with Gasteiger partial charge < -0.3 is 9.32 Å². The normalized spacial score (nSPS) is 10.6. The Kier molecular flexibility index (Phi) is 5.33. The molecule has 0 unspecified atom stereocenters. The van der Waals surface area contributed by atoms with Gasteiger partial charge in [-0.05, 0) is 18.6 Å². The van der Waals surface area contributed by atoms with Crippen molar-refractivity contribution in [1.29, 1.82) is 0 Å². The summed E-state index contributed by atoms with van der Waals surface area (Å²) in [7, 11) is 0. The molecule has 0 fully saturated rings. The molecule has 0 spiro atoms. The average Bonchev–Trinajstić information content (AvgIpc) is 2.95. The minimum atomic E-state index is 0.0781. The van der Waals surface area contributed by atoms with Gasteiger partial charge in [0.2, 0.25) is 17.7 Å². The second kappa shape index (κ2) is 7.22. The van der Waals surface area contributed by atoms with E-state index in [-0.39, 0.29) is 5.91 Å². The first kappa shape index (κ1) is 15.5. The molecule has 1 aromatic carbocycles. The second-order valence-electron chi connectivity index (χ2n) is 4.65. The molecule has 1 heterocycles. The van der Waals surface area contributed by atoms with Gasteiger partial charge in [-0.2, -0.15) is 0 Å². The third-order valence-corrected chi connectivity index (χ3v) is 3.38. The van der Waals surface area contributed by atoms with E-state index >= 15 is 0 Å². The number of carbonyl (C=O) groups excluding carboxylic acids is 1. The van der Waals surface area contributed by atoms with E-state index in [1.165, 1.54) is 0 Å². The third-order valence-electron chi connectivity index (χ3n) is 3.05. The summed E-state index contributed by atoms with van der Waals surface area (Å²) in [4.78, 5) is 13.6. The SMILES string of the molecule is CCCN(Cc1nnc(-c2ccccc2Cl)o1)C(=O)CC. The van der Waals surface area contributed by atoms with Crippen molar-refractivity contribution >= 4 is 17.5 Å². The molecule has 21 heavy (non-hydrogen) atoms. The number of carbonyl (C=O) groups is 1. The van der Waals surface area contributed by atoms with Gasteiger partial charge in [0.1, 0.15) is 0 Å². The van der Waals surface area contributed by atoms with Crippen LogP contribution in [0.5, 0.6) is 0 Å². The van der Waals surface area contributed by atoms with Crippen LogP contribution in [0.15, 0.2) is 28.7 Å². The number of hydrogen-bond acceptors (Lipinski definition) is 4. The zero-order chi connectivity index (χ0) is 15.2. The standard InChI is InChI=1S/C15H18ClN3O2/c1-3-9-19(14(20)4-2)10-13-17-18-15(21-13)11-7-5-6-8-12(11)16/h5-8H,3-4,9-10H2,1-2H3. The lowest BCUT2D eigenvalue weighted by molar-refractivity contribution is -0.131. The molecule has 112 valence electrons. The molecule has 1 amide bonds. The van der Waals surface area contributed by atoms with Crippen molar-refractivity contribution in [2.75, 3.05) is 6.54 Å². The molecule has 0 aliphatic heterocycles. The summed E-state index contributed by atoms with van der Waals surface area (Å²) in [6, 6.07) is 7.28. The van der Waals surface area contributed by atoms with Gasteiger partial charge in [-0.3, -0.25) is 4.79 Å². The Bertz CT molecular complexity index is 612. The zero-order valence-corrected chi connectivity index (χ0v) is 12.9. The van der Waals surface area contributed by atoms with Crippen LogP contribution in [-0.2, 0) is 11.3 Å². The second-order valence-corrected chi connectivity index (χ2v) is 5.06. The molecule has 0 radical (unpaired) electrons. The highest BCUT2D eigenvalue weighted by molar-refractivity contribution is 6.33. The van der Waals surface area contributed by atoms with Crippen molar-refractivity contribution in [2.24, 2.45) is 0 Å². The first-order chi connectivity index (χ1) is 10.2. The van der Waals surface area contributed by atoms with Crippen LogP contribution >= 0.6 is 11.6 Å². The van der Waals surface area contributed by atoms with E-state index < -0.39 is 0 Å². The fourth-order valence-corrected chi connectivity index (χ4v) is 2.23. The van der Waals surface area contributed by atoms with Crippen LogP contribution in [0.4, 0.5) is 0 Å². The van der Waals surface area contributed by atoms with Crippen molar-refractivity contribution in [3.8, 4) is 11.5 Å². The van der Waals surface area contributed by atoms with Crippen LogP contribution in [0.1, 0.15) is 32.6 Å². The lowest BCUT2D eigenvalue weighted by Gasteiger charge is -2.19. The van der Waals surface area contributed by atoms with Gasteiger partial charge in [0.05, 0.1) is 17.1 Å². The predicted octanol–water partition coefficient (Wildman–Crippen LogP) is 3.54. The van der Waals surface area contributed by atoms with Crippen LogP contribution in [0.3, 0.4) is 0 Å². The maximum Gasteiger partial charge on any atom is 0.249 e. The summed E-state index contributed by atoms with van der Waals surface area (Å²) in [5, 5.41) is 8.57. The van der Waals surface area contributed by atoms with Gasteiger partial charge in [-0.15, -0.1) is 10.2 Å². The summed E-state index contributed by atoms with van der Waals surface area (Å²) >= 11 is 6.10. The number of hydrogen-bond donors (Lipinski definition) is 0. The zero-order valence-electron chi connectivity index (χ0n) is 12.2. The molecular formula is C15H18ClN3O2.